The highest BCUT2D eigenvalue weighted by Crippen LogP contribution is 2.33. The van der Waals surface area contributed by atoms with Crippen molar-refractivity contribution in [2.75, 3.05) is 10.8 Å². The summed E-state index contributed by atoms with van der Waals surface area (Å²) in [5.41, 5.74) is 2.47. The van der Waals surface area contributed by atoms with E-state index >= 15 is 0 Å². The number of anilines is 1. The average Bonchev–Trinajstić information content (AvgIpc) is 3.50. The number of halogens is 1. The van der Waals surface area contributed by atoms with Crippen LogP contribution in [0.4, 0.5) is 10.1 Å². The van der Waals surface area contributed by atoms with Gasteiger partial charge >= 0.3 is 0 Å². The fourth-order valence-corrected chi connectivity index (χ4v) is 5.85. The number of amides is 1. The van der Waals surface area contributed by atoms with Gasteiger partial charge in [0.05, 0.1) is 10.6 Å². The molecule has 0 spiro atoms. The van der Waals surface area contributed by atoms with Crippen LogP contribution in [-0.2, 0) is 23.5 Å². The number of sulfonamides is 1. The minimum atomic E-state index is -3.85. The number of rotatable bonds is 6. The summed E-state index contributed by atoms with van der Waals surface area (Å²) in [6, 6.07) is 18.5. The number of hydrogen-bond donors (Lipinski definition) is 1. The average molecular weight is 491 g/mol. The minimum Gasteiger partial charge on any atom is -0.338 e. The van der Waals surface area contributed by atoms with Crippen molar-refractivity contribution in [2.24, 2.45) is 7.05 Å². The number of carbonyl (C=O) groups is 1. The lowest BCUT2D eigenvalue weighted by Crippen LogP contribution is -2.32. The number of carbonyl (C=O) groups excluding carboxylic acids is 1. The number of fused-ring (bicyclic) bond motifs is 1. The smallest absolute Gasteiger partial charge is 0.264 e. The van der Waals surface area contributed by atoms with Gasteiger partial charge in [0.1, 0.15) is 17.7 Å². The molecule has 0 unspecified atom stereocenters. The molecule has 0 aliphatic carbocycles. The number of aromatic nitrogens is 2. The summed E-state index contributed by atoms with van der Waals surface area (Å²) in [4.78, 5) is 17.7. The van der Waals surface area contributed by atoms with E-state index in [0.29, 0.717) is 30.0 Å². The molecule has 5 rings (SSSR count). The summed E-state index contributed by atoms with van der Waals surface area (Å²) in [5.74, 6) is -0.302. The molecule has 2 heterocycles. The van der Waals surface area contributed by atoms with E-state index in [0.717, 1.165) is 5.56 Å². The summed E-state index contributed by atoms with van der Waals surface area (Å²) >= 11 is 0. The Morgan fingerprint density at radius 1 is 1.06 bits per heavy atom. The molecule has 0 saturated carbocycles. The zero-order valence-electron chi connectivity index (χ0n) is 18.9. The third kappa shape index (κ3) is 4.30. The Morgan fingerprint density at radius 2 is 1.83 bits per heavy atom. The molecule has 1 atom stereocenters. The van der Waals surface area contributed by atoms with Crippen LogP contribution in [0.25, 0.3) is 0 Å². The van der Waals surface area contributed by atoms with Crippen LogP contribution in [0.5, 0.6) is 0 Å². The van der Waals surface area contributed by atoms with Crippen molar-refractivity contribution in [1.82, 2.24) is 14.9 Å². The first-order valence-corrected chi connectivity index (χ1v) is 12.5. The summed E-state index contributed by atoms with van der Waals surface area (Å²) < 4.78 is 43.5. The topological polar surface area (TPSA) is 84.3 Å². The molecule has 1 aromatic heterocycles. The quantitative estimate of drug-likeness (QED) is 0.445. The van der Waals surface area contributed by atoms with Crippen LogP contribution in [0.3, 0.4) is 0 Å². The minimum absolute atomic E-state index is 0.0391. The van der Waals surface area contributed by atoms with Gasteiger partial charge in [0, 0.05) is 31.5 Å². The first kappa shape index (κ1) is 22.8. The first-order chi connectivity index (χ1) is 16.8. The summed E-state index contributed by atoms with van der Waals surface area (Å²) in [7, 11) is -2.05. The van der Waals surface area contributed by atoms with Crippen molar-refractivity contribution >= 4 is 21.6 Å². The maximum atomic E-state index is 13.5. The Hall–Kier alpha value is -3.98. The fourth-order valence-electron chi connectivity index (χ4n) is 4.30. The number of hydrogen-bond acceptors (Lipinski definition) is 4. The van der Waals surface area contributed by atoms with Gasteiger partial charge in [-0.3, -0.25) is 9.10 Å². The van der Waals surface area contributed by atoms with E-state index in [4.69, 9.17) is 0 Å². The molecule has 178 valence electrons. The fraction of sp³-hybridized carbons (Fsp3) is 0.154. The first-order valence-electron chi connectivity index (χ1n) is 11.1. The predicted molar refractivity (Wildman–Crippen MR) is 130 cm³/mol. The molecule has 7 nitrogen and oxygen atoms in total. The number of aryl methyl sites for hydroxylation is 1. The molecule has 1 aliphatic heterocycles. The highest BCUT2D eigenvalue weighted by atomic mass is 32.2. The van der Waals surface area contributed by atoms with Crippen molar-refractivity contribution < 1.29 is 17.6 Å². The van der Waals surface area contributed by atoms with Crippen LogP contribution in [-0.4, -0.2) is 30.4 Å². The zero-order valence-corrected chi connectivity index (χ0v) is 19.7. The van der Waals surface area contributed by atoms with E-state index in [1.807, 2.05) is 18.2 Å². The molecule has 1 aliphatic rings. The van der Waals surface area contributed by atoms with Crippen LogP contribution >= 0.6 is 0 Å². The normalized spacial score (nSPS) is 13.9. The van der Waals surface area contributed by atoms with Crippen molar-refractivity contribution in [3.63, 3.8) is 0 Å². The van der Waals surface area contributed by atoms with Gasteiger partial charge in [0.15, 0.2) is 0 Å². The third-order valence-electron chi connectivity index (χ3n) is 6.12. The van der Waals surface area contributed by atoms with Crippen molar-refractivity contribution in [1.29, 1.82) is 0 Å². The molecule has 35 heavy (non-hydrogen) atoms. The van der Waals surface area contributed by atoms with Crippen LogP contribution in [0.2, 0.25) is 0 Å². The largest absolute Gasteiger partial charge is 0.338 e. The van der Waals surface area contributed by atoms with E-state index in [9.17, 15) is 17.6 Å². The van der Waals surface area contributed by atoms with Gasteiger partial charge in [0.25, 0.3) is 15.9 Å². The van der Waals surface area contributed by atoms with E-state index in [1.54, 1.807) is 54.3 Å². The molecule has 3 aromatic carbocycles. The van der Waals surface area contributed by atoms with E-state index in [1.165, 1.54) is 28.6 Å². The van der Waals surface area contributed by atoms with E-state index < -0.39 is 22.0 Å². The van der Waals surface area contributed by atoms with Crippen LogP contribution in [0.1, 0.15) is 33.4 Å². The highest BCUT2D eigenvalue weighted by Gasteiger charge is 2.31. The molecule has 9 heteroatoms. The van der Waals surface area contributed by atoms with Crippen LogP contribution in [0.15, 0.2) is 90.1 Å². The van der Waals surface area contributed by atoms with Gasteiger partial charge in [-0.1, -0.05) is 36.4 Å². The van der Waals surface area contributed by atoms with Crippen molar-refractivity contribution in [2.45, 2.75) is 17.4 Å². The summed E-state index contributed by atoms with van der Waals surface area (Å²) in [6.07, 6.45) is 4.00. The molecule has 4 aromatic rings. The second kappa shape index (κ2) is 8.99. The van der Waals surface area contributed by atoms with Crippen LogP contribution < -0.4 is 9.62 Å². The number of benzene rings is 3. The van der Waals surface area contributed by atoms with Gasteiger partial charge in [-0.05, 0) is 53.9 Å². The Bertz CT molecular complexity index is 1500. The molecular formula is C26H23FN4O3S. The predicted octanol–water partition coefficient (Wildman–Crippen LogP) is 3.83. The number of nitrogens with one attached hydrogen (secondary N) is 1. The SMILES string of the molecule is Cn1ccnc1[C@@H](NC(=O)c1cccc(S(=O)(=O)N2CCc3ccccc32)c1)c1ccc(F)cc1. The molecule has 0 radical (unpaired) electrons. The van der Waals surface area contributed by atoms with Gasteiger partial charge in [-0.15, -0.1) is 0 Å². The Balaban J connectivity index is 1.45. The van der Waals surface area contributed by atoms with Gasteiger partial charge < -0.3 is 9.88 Å². The molecule has 1 N–H and O–H groups in total. The molecule has 0 bridgehead atoms. The van der Waals surface area contributed by atoms with Gasteiger partial charge in [-0.2, -0.15) is 0 Å². The van der Waals surface area contributed by atoms with E-state index in [-0.39, 0.29) is 16.3 Å². The monoisotopic (exact) mass is 490 g/mol. The van der Waals surface area contributed by atoms with E-state index in [2.05, 4.69) is 10.3 Å². The second-order valence-electron chi connectivity index (χ2n) is 8.34. The molecular weight excluding hydrogens is 467 g/mol. The van der Waals surface area contributed by atoms with Gasteiger partial charge in [-0.25, -0.2) is 17.8 Å². The molecule has 0 saturated heterocycles. The lowest BCUT2D eigenvalue weighted by Gasteiger charge is -2.21. The second-order valence-corrected chi connectivity index (χ2v) is 10.2. The number of imidazole rings is 1. The zero-order chi connectivity index (χ0) is 24.6. The molecule has 1 amide bonds. The summed E-state index contributed by atoms with van der Waals surface area (Å²) in [6.45, 7) is 0.351. The Morgan fingerprint density at radius 3 is 2.57 bits per heavy atom. The lowest BCUT2D eigenvalue weighted by atomic mass is 10.1. The Labute approximate surface area is 202 Å². The van der Waals surface area contributed by atoms with Crippen molar-refractivity contribution in [3.05, 3.63) is 114 Å². The van der Waals surface area contributed by atoms with Crippen LogP contribution in [0, 0.1) is 5.82 Å². The van der Waals surface area contributed by atoms with Gasteiger partial charge in [0.2, 0.25) is 0 Å². The Kier molecular flexibility index (Phi) is 5.86. The molecule has 0 fully saturated rings. The van der Waals surface area contributed by atoms with Crippen molar-refractivity contribution in [3.8, 4) is 0 Å². The third-order valence-corrected chi connectivity index (χ3v) is 7.93. The summed E-state index contributed by atoms with van der Waals surface area (Å²) in [5, 5.41) is 2.92. The number of nitrogens with zero attached hydrogens (tertiary/aromatic N) is 3. The lowest BCUT2D eigenvalue weighted by molar-refractivity contribution is 0.0941. The maximum Gasteiger partial charge on any atom is 0.264 e. The number of para-hydroxylation sites is 1. The highest BCUT2D eigenvalue weighted by molar-refractivity contribution is 7.92. The maximum absolute atomic E-state index is 13.5. The standard InChI is InChI=1S/C26H23FN4O3S/c1-30-16-14-28-25(30)24(19-9-11-21(27)12-10-19)29-26(32)20-6-4-7-22(17-20)35(33,34)31-15-13-18-5-2-3-8-23(18)31/h2-12,14,16-17,24H,13,15H2,1H3,(H,29,32)/t24-/m0/s1.